The predicted molar refractivity (Wildman–Crippen MR) is 114 cm³/mol. The van der Waals surface area contributed by atoms with E-state index in [9.17, 15) is 12.8 Å². The SMILES string of the molecule is CC(C)(C)S(=O)(=O)NC1CCC(CNc2ccc(F)c(-c3nccs3)c2)CC1. The van der Waals surface area contributed by atoms with Crippen LogP contribution in [0.1, 0.15) is 46.5 Å². The van der Waals surface area contributed by atoms with Gasteiger partial charge in [0.2, 0.25) is 10.0 Å². The maximum Gasteiger partial charge on any atom is 0.216 e. The van der Waals surface area contributed by atoms with E-state index < -0.39 is 14.8 Å². The summed E-state index contributed by atoms with van der Waals surface area (Å²) in [5, 5.41) is 5.91. The first-order valence-corrected chi connectivity index (χ1v) is 12.0. The van der Waals surface area contributed by atoms with Gasteiger partial charge in [0.15, 0.2) is 0 Å². The van der Waals surface area contributed by atoms with E-state index in [4.69, 9.17) is 0 Å². The minimum absolute atomic E-state index is 0.0165. The first-order chi connectivity index (χ1) is 13.2. The van der Waals surface area contributed by atoms with Gasteiger partial charge in [-0.3, -0.25) is 0 Å². The lowest BCUT2D eigenvalue weighted by molar-refractivity contribution is 0.322. The zero-order valence-corrected chi connectivity index (χ0v) is 18.2. The van der Waals surface area contributed by atoms with Crippen molar-refractivity contribution in [3.8, 4) is 10.6 Å². The molecule has 1 heterocycles. The van der Waals surface area contributed by atoms with E-state index in [1.54, 1.807) is 39.1 Å². The van der Waals surface area contributed by atoms with Crippen LogP contribution in [-0.4, -0.2) is 30.7 Å². The zero-order chi connectivity index (χ0) is 20.4. The van der Waals surface area contributed by atoms with Crippen molar-refractivity contribution in [2.75, 3.05) is 11.9 Å². The van der Waals surface area contributed by atoms with Gasteiger partial charge in [0.05, 0.1) is 4.75 Å². The maximum absolute atomic E-state index is 14.1. The smallest absolute Gasteiger partial charge is 0.216 e. The van der Waals surface area contributed by atoms with Crippen LogP contribution in [0.2, 0.25) is 0 Å². The number of aromatic nitrogens is 1. The molecule has 1 saturated carbocycles. The molecule has 3 rings (SSSR count). The number of hydrogen-bond donors (Lipinski definition) is 2. The topological polar surface area (TPSA) is 71.1 Å². The molecular weight excluding hydrogens is 397 g/mol. The summed E-state index contributed by atoms with van der Waals surface area (Å²) in [6, 6.07) is 5.03. The molecular formula is C20H28FN3O2S2. The summed E-state index contributed by atoms with van der Waals surface area (Å²) in [7, 11) is -3.31. The second kappa shape index (κ2) is 8.47. The normalized spacial score (nSPS) is 20.9. The Kier molecular flexibility index (Phi) is 6.41. The molecule has 5 nitrogen and oxygen atoms in total. The molecule has 1 aromatic carbocycles. The first-order valence-electron chi connectivity index (χ1n) is 9.61. The summed E-state index contributed by atoms with van der Waals surface area (Å²) in [6.07, 6.45) is 5.28. The quantitative estimate of drug-likeness (QED) is 0.707. The molecule has 1 aliphatic rings. The molecule has 0 radical (unpaired) electrons. The van der Waals surface area contributed by atoms with Crippen molar-refractivity contribution in [3.05, 3.63) is 35.6 Å². The average Bonchev–Trinajstić information content (AvgIpc) is 3.15. The Morgan fingerprint density at radius 1 is 1.21 bits per heavy atom. The van der Waals surface area contributed by atoms with E-state index in [0.29, 0.717) is 16.5 Å². The number of halogens is 1. The van der Waals surface area contributed by atoms with Crippen molar-refractivity contribution in [1.82, 2.24) is 9.71 Å². The number of nitrogens with zero attached hydrogens (tertiary/aromatic N) is 1. The van der Waals surface area contributed by atoms with Crippen molar-refractivity contribution in [2.24, 2.45) is 5.92 Å². The summed E-state index contributed by atoms with van der Waals surface area (Å²) in [4.78, 5) is 4.19. The fourth-order valence-corrected chi connectivity index (χ4v) is 4.98. The summed E-state index contributed by atoms with van der Waals surface area (Å²) in [5.41, 5.74) is 1.39. The molecule has 0 unspecified atom stereocenters. The van der Waals surface area contributed by atoms with Crippen LogP contribution in [0.5, 0.6) is 0 Å². The molecule has 1 aromatic heterocycles. The zero-order valence-electron chi connectivity index (χ0n) is 16.5. The minimum atomic E-state index is -3.31. The van der Waals surface area contributed by atoms with E-state index in [2.05, 4.69) is 15.0 Å². The molecule has 0 bridgehead atoms. The van der Waals surface area contributed by atoms with E-state index in [0.717, 1.165) is 37.9 Å². The molecule has 1 aliphatic carbocycles. The highest BCUT2D eigenvalue weighted by molar-refractivity contribution is 7.90. The second-order valence-corrected chi connectivity index (χ2v) is 11.7. The van der Waals surface area contributed by atoms with Gasteiger partial charge in [-0.05, 0) is 70.6 Å². The fraction of sp³-hybridized carbons (Fsp3) is 0.550. The van der Waals surface area contributed by atoms with Crippen LogP contribution in [0.25, 0.3) is 10.6 Å². The molecule has 2 N–H and O–H groups in total. The van der Waals surface area contributed by atoms with Crippen LogP contribution >= 0.6 is 11.3 Å². The van der Waals surface area contributed by atoms with Crippen LogP contribution < -0.4 is 10.0 Å². The number of sulfonamides is 1. The molecule has 0 saturated heterocycles. The number of rotatable bonds is 6. The Morgan fingerprint density at radius 2 is 1.93 bits per heavy atom. The molecule has 0 aliphatic heterocycles. The minimum Gasteiger partial charge on any atom is -0.385 e. The Balaban J connectivity index is 1.52. The number of anilines is 1. The molecule has 0 amide bonds. The lowest BCUT2D eigenvalue weighted by Crippen LogP contribution is -2.46. The number of thiazole rings is 1. The van der Waals surface area contributed by atoms with Gasteiger partial charge in [-0.15, -0.1) is 11.3 Å². The van der Waals surface area contributed by atoms with E-state index in [1.165, 1.54) is 17.4 Å². The van der Waals surface area contributed by atoms with Gasteiger partial charge in [-0.1, -0.05) is 0 Å². The Labute approximate surface area is 170 Å². The van der Waals surface area contributed by atoms with Crippen LogP contribution in [0.15, 0.2) is 29.8 Å². The average molecular weight is 426 g/mol. The standard InChI is InChI=1S/C20H28FN3O2S2/c1-20(2,3)28(25,26)24-15-6-4-14(5-7-15)13-23-16-8-9-18(21)17(12-16)19-22-10-11-27-19/h8-12,14-15,23-24H,4-7,13H2,1-3H3. The molecule has 2 aromatic rings. The summed E-state index contributed by atoms with van der Waals surface area (Å²) in [6.45, 7) is 5.94. The van der Waals surface area contributed by atoms with Crippen molar-refractivity contribution in [1.29, 1.82) is 0 Å². The Hall–Kier alpha value is -1.51. The van der Waals surface area contributed by atoms with Crippen molar-refractivity contribution >= 4 is 27.0 Å². The van der Waals surface area contributed by atoms with E-state index in [1.807, 2.05) is 5.38 Å². The molecule has 8 heteroatoms. The van der Waals surface area contributed by atoms with Gasteiger partial charge in [-0.2, -0.15) is 0 Å². The lowest BCUT2D eigenvalue weighted by atomic mass is 9.86. The number of benzene rings is 1. The Morgan fingerprint density at radius 3 is 2.54 bits per heavy atom. The highest BCUT2D eigenvalue weighted by atomic mass is 32.2. The van der Waals surface area contributed by atoms with Gasteiger partial charge in [0.25, 0.3) is 0 Å². The molecule has 154 valence electrons. The molecule has 28 heavy (non-hydrogen) atoms. The van der Waals surface area contributed by atoms with Gasteiger partial charge in [-0.25, -0.2) is 22.5 Å². The highest BCUT2D eigenvalue weighted by Crippen LogP contribution is 2.29. The van der Waals surface area contributed by atoms with Gasteiger partial charge >= 0.3 is 0 Å². The van der Waals surface area contributed by atoms with E-state index >= 15 is 0 Å². The maximum atomic E-state index is 14.1. The monoisotopic (exact) mass is 425 g/mol. The van der Waals surface area contributed by atoms with Crippen molar-refractivity contribution in [3.63, 3.8) is 0 Å². The van der Waals surface area contributed by atoms with Gasteiger partial charge in [0, 0.05) is 35.4 Å². The molecule has 0 atom stereocenters. The number of nitrogens with one attached hydrogen (secondary N) is 2. The number of hydrogen-bond acceptors (Lipinski definition) is 5. The largest absolute Gasteiger partial charge is 0.385 e. The third-order valence-corrected chi connectivity index (χ3v) is 8.26. The van der Waals surface area contributed by atoms with Crippen LogP contribution in [0.4, 0.5) is 10.1 Å². The van der Waals surface area contributed by atoms with Crippen LogP contribution in [0.3, 0.4) is 0 Å². The highest BCUT2D eigenvalue weighted by Gasteiger charge is 2.32. The third kappa shape index (κ3) is 5.10. The fourth-order valence-electron chi connectivity index (χ4n) is 3.30. The van der Waals surface area contributed by atoms with Crippen molar-refractivity contribution < 1.29 is 12.8 Å². The van der Waals surface area contributed by atoms with Crippen molar-refractivity contribution in [2.45, 2.75) is 57.2 Å². The van der Waals surface area contributed by atoms with Gasteiger partial charge < -0.3 is 5.32 Å². The summed E-state index contributed by atoms with van der Waals surface area (Å²) in [5.74, 6) is 0.205. The molecule has 1 fully saturated rings. The predicted octanol–water partition coefficient (Wildman–Crippen LogP) is 4.64. The summed E-state index contributed by atoms with van der Waals surface area (Å²) >= 11 is 1.42. The second-order valence-electron chi connectivity index (χ2n) is 8.36. The van der Waals surface area contributed by atoms with E-state index in [-0.39, 0.29) is 11.9 Å². The third-order valence-electron chi connectivity index (χ3n) is 5.20. The molecule has 0 spiro atoms. The summed E-state index contributed by atoms with van der Waals surface area (Å²) < 4.78 is 40.8. The Bertz CT molecular complexity index is 885. The lowest BCUT2D eigenvalue weighted by Gasteiger charge is -2.31. The van der Waals surface area contributed by atoms with Gasteiger partial charge in [0.1, 0.15) is 10.8 Å². The van der Waals surface area contributed by atoms with Crippen LogP contribution in [-0.2, 0) is 10.0 Å². The van der Waals surface area contributed by atoms with Crippen LogP contribution in [0, 0.1) is 11.7 Å². The first kappa shape index (κ1) is 21.2.